The maximum Gasteiger partial charge on any atom is 0.122 e. The van der Waals surface area contributed by atoms with E-state index >= 15 is 0 Å². The van der Waals surface area contributed by atoms with Crippen LogP contribution in [-0.4, -0.2) is 4.57 Å². The molecule has 1 heterocycles. The topological polar surface area (TPSA) is 11.4 Å². The average molecular weight is 868 g/mol. The largest absolute Gasteiger partial charge is 0.323 e. The van der Waals surface area contributed by atoms with Crippen molar-refractivity contribution in [2.24, 2.45) is 0 Å². The molecule has 320 valence electrons. The predicted molar refractivity (Wildman–Crippen MR) is 285 cm³/mol. The van der Waals surface area contributed by atoms with E-state index in [2.05, 4.69) is 287 Å². The molecule has 11 aromatic carbocycles. The molecule has 68 heavy (non-hydrogen) atoms. The van der Waals surface area contributed by atoms with Gasteiger partial charge in [-0.3, -0.25) is 0 Å². The van der Waals surface area contributed by atoms with Gasteiger partial charge in [0.1, 0.15) is 5.54 Å². The second-order valence-corrected chi connectivity index (χ2v) is 17.7. The van der Waals surface area contributed by atoms with Gasteiger partial charge in [-0.1, -0.05) is 194 Å². The molecule has 0 radical (unpaired) electrons. The lowest BCUT2D eigenvalue weighted by Crippen LogP contribution is -2.44. The van der Waals surface area contributed by atoms with Crippen LogP contribution in [0.1, 0.15) is 16.7 Å². The van der Waals surface area contributed by atoms with E-state index in [4.69, 9.17) is 0 Å². The number of nitrogens with zero attached hydrogens (tertiary/aromatic N) is 3. The van der Waals surface area contributed by atoms with Crippen molar-refractivity contribution in [1.82, 2.24) is 4.57 Å². The van der Waals surface area contributed by atoms with Crippen molar-refractivity contribution in [1.29, 1.82) is 0 Å². The van der Waals surface area contributed by atoms with Crippen LogP contribution in [0.25, 0.3) is 60.5 Å². The van der Waals surface area contributed by atoms with Crippen molar-refractivity contribution in [3.63, 3.8) is 0 Å². The molecule has 0 N–H and O–H groups in total. The first kappa shape index (κ1) is 39.4. The predicted octanol–water partition coefficient (Wildman–Crippen LogP) is 17.2. The summed E-state index contributed by atoms with van der Waals surface area (Å²) < 4.78 is 2.43. The number of fused-ring (bicyclic) bond motifs is 7. The number of aromatic nitrogens is 1. The Morgan fingerprint density at radius 1 is 0.309 bits per heavy atom. The van der Waals surface area contributed by atoms with Gasteiger partial charge < -0.3 is 14.4 Å². The zero-order valence-electron chi connectivity index (χ0n) is 37.3. The van der Waals surface area contributed by atoms with E-state index in [1.54, 1.807) is 0 Å². The third kappa shape index (κ3) is 6.28. The Labute approximate surface area is 396 Å². The van der Waals surface area contributed by atoms with Gasteiger partial charge in [0.25, 0.3) is 0 Å². The zero-order chi connectivity index (χ0) is 45.0. The Morgan fingerprint density at radius 2 is 0.838 bits per heavy atom. The lowest BCUT2D eigenvalue weighted by atomic mass is 9.78. The van der Waals surface area contributed by atoms with Crippen LogP contribution in [0.2, 0.25) is 0 Å². The van der Waals surface area contributed by atoms with Crippen molar-refractivity contribution in [3.8, 4) is 27.9 Å². The molecular formula is C65H45N3. The maximum absolute atomic E-state index is 2.56. The number of hydrogen-bond acceptors (Lipinski definition) is 2. The molecule has 13 rings (SSSR count). The van der Waals surface area contributed by atoms with Crippen molar-refractivity contribution >= 4 is 61.0 Å². The summed E-state index contributed by atoms with van der Waals surface area (Å²) >= 11 is 0. The first-order valence-electron chi connectivity index (χ1n) is 23.4. The molecule has 3 nitrogen and oxygen atoms in total. The molecule has 12 aromatic rings. The van der Waals surface area contributed by atoms with E-state index in [9.17, 15) is 0 Å². The van der Waals surface area contributed by atoms with Crippen LogP contribution in [0.4, 0.5) is 28.4 Å². The number of para-hydroxylation sites is 3. The fourth-order valence-corrected chi connectivity index (χ4v) is 11.0. The van der Waals surface area contributed by atoms with Gasteiger partial charge in [0.15, 0.2) is 0 Å². The molecule has 1 unspecified atom stereocenters. The Kier molecular flexibility index (Phi) is 9.40. The average Bonchev–Trinajstić information content (AvgIpc) is 3.90. The van der Waals surface area contributed by atoms with Gasteiger partial charge in [-0.25, -0.2) is 0 Å². The van der Waals surface area contributed by atoms with Crippen molar-refractivity contribution in [2.75, 3.05) is 9.80 Å². The van der Waals surface area contributed by atoms with E-state index in [0.717, 1.165) is 39.6 Å². The number of anilines is 5. The standard InChI is InChI=1S/C65H45N3/c1-5-19-46(20-6-1)48-33-36-51(37-34-48)67-63-32-18-16-30-59(63)60-42-40-56(45-64(60)67)66(54-38-35-47-21-13-14-22-49(47)43-54)55-39-41-58-57-29-15-17-31-61(57)65(62(58)44-55,50-23-7-2-8-24-50)68(52-25-9-3-10-26-52)53-27-11-4-12-28-53/h1-45H. The van der Waals surface area contributed by atoms with Crippen molar-refractivity contribution in [3.05, 3.63) is 290 Å². The second-order valence-electron chi connectivity index (χ2n) is 17.7. The second kappa shape index (κ2) is 16.2. The van der Waals surface area contributed by atoms with E-state index in [0.29, 0.717) is 0 Å². The van der Waals surface area contributed by atoms with Crippen LogP contribution in [0.15, 0.2) is 273 Å². The molecule has 1 aromatic heterocycles. The summed E-state index contributed by atoms with van der Waals surface area (Å²) in [6.45, 7) is 0. The highest BCUT2D eigenvalue weighted by atomic mass is 15.2. The summed E-state index contributed by atoms with van der Waals surface area (Å²) in [5, 5.41) is 4.84. The highest BCUT2D eigenvalue weighted by Crippen LogP contribution is 2.58. The fraction of sp³-hybridized carbons (Fsp3) is 0.0154. The molecular weight excluding hydrogens is 823 g/mol. The van der Waals surface area contributed by atoms with Crippen LogP contribution in [-0.2, 0) is 5.54 Å². The molecule has 1 atom stereocenters. The van der Waals surface area contributed by atoms with Crippen LogP contribution in [0, 0.1) is 0 Å². The lowest BCUT2D eigenvalue weighted by molar-refractivity contribution is 0.644. The van der Waals surface area contributed by atoms with Gasteiger partial charge in [0.05, 0.1) is 11.0 Å². The normalized spacial score (nSPS) is 13.9. The Balaban J connectivity index is 1.07. The number of hydrogen-bond donors (Lipinski definition) is 0. The highest BCUT2D eigenvalue weighted by molar-refractivity contribution is 6.10. The molecule has 1 aliphatic carbocycles. The van der Waals surface area contributed by atoms with Gasteiger partial charge in [-0.05, 0) is 129 Å². The van der Waals surface area contributed by atoms with E-state index in [-0.39, 0.29) is 0 Å². The molecule has 0 saturated carbocycles. The Morgan fingerprint density at radius 3 is 1.59 bits per heavy atom. The smallest absolute Gasteiger partial charge is 0.122 e. The number of benzene rings is 11. The van der Waals surface area contributed by atoms with Gasteiger partial charge in [-0.2, -0.15) is 0 Å². The third-order valence-corrected chi connectivity index (χ3v) is 14.0. The van der Waals surface area contributed by atoms with Crippen molar-refractivity contribution < 1.29 is 0 Å². The minimum atomic E-state index is -0.747. The van der Waals surface area contributed by atoms with E-state index < -0.39 is 5.54 Å². The van der Waals surface area contributed by atoms with Crippen LogP contribution < -0.4 is 9.80 Å². The highest BCUT2D eigenvalue weighted by Gasteiger charge is 2.50. The van der Waals surface area contributed by atoms with Gasteiger partial charge in [-0.15, -0.1) is 0 Å². The fourth-order valence-electron chi connectivity index (χ4n) is 11.0. The summed E-state index contributed by atoms with van der Waals surface area (Å²) in [6.07, 6.45) is 0. The Hall–Kier alpha value is -8.92. The third-order valence-electron chi connectivity index (χ3n) is 14.0. The molecule has 1 aliphatic rings. The van der Waals surface area contributed by atoms with Gasteiger partial charge in [0, 0.05) is 44.9 Å². The molecule has 0 spiro atoms. The monoisotopic (exact) mass is 867 g/mol. The van der Waals surface area contributed by atoms with Gasteiger partial charge >= 0.3 is 0 Å². The van der Waals surface area contributed by atoms with Crippen LogP contribution in [0.3, 0.4) is 0 Å². The quantitative estimate of drug-likeness (QED) is 0.143. The Bertz CT molecular complexity index is 3750. The molecule has 3 heteroatoms. The van der Waals surface area contributed by atoms with Crippen molar-refractivity contribution in [2.45, 2.75) is 5.54 Å². The minimum Gasteiger partial charge on any atom is -0.323 e. The maximum atomic E-state index is 2.56. The lowest BCUT2D eigenvalue weighted by Gasteiger charge is -2.45. The molecule has 0 saturated heterocycles. The number of rotatable bonds is 9. The molecule has 0 aliphatic heterocycles. The molecule has 0 amide bonds. The molecule has 0 bridgehead atoms. The van der Waals surface area contributed by atoms with Crippen LogP contribution in [0.5, 0.6) is 0 Å². The zero-order valence-corrected chi connectivity index (χ0v) is 37.3. The SMILES string of the molecule is c1ccc(-c2ccc(-n3c4ccccc4c4ccc(N(c5ccc6c(c5)C(c5ccccc5)(N(c5ccccc5)c5ccccc5)c5ccccc5-6)c5ccc6ccccc6c5)cc43)cc2)cc1. The van der Waals surface area contributed by atoms with Crippen LogP contribution >= 0.6 is 0 Å². The summed E-state index contributed by atoms with van der Waals surface area (Å²) in [5.74, 6) is 0. The van der Waals surface area contributed by atoms with E-state index in [1.807, 2.05) is 0 Å². The van der Waals surface area contributed by atoms with Gasteiger partial charge in [0.2, 0.25) is 0 Å². The summed E-state index contributed by atoms with van der Waals surface area (Å²) in [4.78, 5) is 5.02. The minimum absolute atomic E-state index is 0.747. The first-order chi connectivity index (χ1) is 33.7. The first-order valence-corrected chi connectivity index (χ1v) is 23.4. The summed E-state index contributed by atoms with van der Waals surface area (Å²) in [6, 6.07) is 100.0. The summed E-state index contributed by atoms with van der Waals surface area (Å²) in [7, 11) is 0. The van der Waals surface area contributed by atoms with E-state index in [1.165, 1.54) is 66.0 Å². The molecule has 0 fully saturated rings. The summed E-state index contributed by atoms with van der Waals surface area (Å²) in [5.41, 5.74) is 16.6.